The molecule has 0 aromatic heterocycles. The first-order valence-corrected chi connectivity index (χ1v) is 6.29. The minimum Gasteiger partial charge on any atom is -0.376 e. The van der Waals surface area contributed by atoms with E-state index in [0.717, 1.165) is 5.56 Å². The lowest BCUT2D eigenvalue weighted by molar-refractivity contribution is 0.153. The van der Waals surface area contributed by atoms with E-state index in [4.69, 9.17) is 4.74 Å². The van der Waals surface area contributed by atoms with Crippen LogP contribution in [0.25, 0.3) is 0 Å². The van der Waals surface area contributed by atoms with Gasteiger partial charge in [-0.05, 0) is 23.3 Å². The molecule has 1 N–H and O–H groups in total. The third-order valence-electron chi connectivity index (χ3n) is 2.71. The van der Waals surface area contributed by atoms with Gasteiger partial charge in [-0.2, -0.15) is 0 Å². The standard InChI is InChI=1S/C17H15FO2/c18-16-10-8-15(9-11-16)17(19)7-4-12-20-13-14-5-2-1-3-6-14/h1-3,5-6,8-11,17,19H,12-13H2. The lowest BCUT2D eigenvalue weighted by atomic mass is 10.1. The summed E-state index contributed by atoms with van der Waals surface area (Å²) in [7, 11) is 0. The van der Waals surface area contributed by atoms with Gasteiger partial charge in [0.15, 0.2) is 0 Å². The van der Waals surface area contributed by atoms with Crippen LogP contribution in [0.5, 0.6) is 0 Å². The molecule has 0 aliphatic heterocycles. The second-order valence-electron chi connectivity index (χ2n) is 4.25. The van der Waals surface area contributed by atoms with Gasteiger partial charge in [0, 0.05) is 0 Å². The summed E-state index contributed by atoms with van der Waals surface area (Å²) in [5.41, 5.74) is 1.65. The molecule has 2 rings (SSSR count). The van der Waals surface area contributed by atoms with Crippen molar-refractivity contribution in [1.29, 1.82) is 0 Å². The van der Waals surface area contributed by atoms with Gasteiger partial charge in [-0.1, -0.05) is 54.3 Å². The summed E-state index contributed by atoms with van der Waals surface area (Å²) in [6, 6.07) is 15.4. The van der Waals surface area contributed by atoms with Crippen LogP contribution in [-0.2, 0) is 11.3 Å². The molecule has 0 bridgehead atoms. The molecule has 0 aliphatic rings. The normalized spacial score (nSPS) is 11.5. The van der Waals surface area contributed by atoms with Crippen LogP contribution in [0.2, 0.25) is 0 Å². The highest BCUT2D eigenvalue weighted by molar-refractivity contribution is 5.25. The Morgan fingerprint density at radius 2 is 1.75 bits per heavy atom. The lowest BCUT2D eigenvalue weighted by Gasteiger charge is -2.03. The largest absolute Gasteiger partial charge is 0.376 e. The van der Waals surface area contributed by atoms with E-state index in [2.05, 4.69) is 11.8 Å². The number of aliphatic hydroxyl groups is 1. The van der Waals surface area contributed by atoms with Gasteiger partial charge in [-0.25, -0.2) is 4.39 Å². The first-order valence-electron chi connectivity index (χ1n) is 6.29. The zero-order valence-electron chi connectivity index (χ0n) is 10.9. The van der Waals surface area contributed by atoms with Crippen LogP contribution in [0, 0.1) is 17.7 Å². The Balaban J connectivity index is 1.78. The van der Waals surface area contributed by atoms with Gasteiger partial charge in [0.2, 0.25) is 0 Å². The molecule has 0 heterocycles. The molecule has 0 saturated heterocycles. The van der Waals surface area contributed by atoms with Gasteiger partial charge >= 0.3 is 0 Å². The Kier molecular flexibility index (Phi) is 5.31. The van der Waals surface area contributed by atoms with Gasteiger partial charge in [0.05, 0.1) is 6.61 Å². The predicted octanol–water partition coefficient (Wildman–Crippen LogP) is 3.08. The van der Waals surface area contributed by atoms with Crippen molar-refractivity contribution < 1.29 is 14.2 Å². The third-order valence-corrected chi connectivity index (χ3v) is 2.71. The van der Waals surface area contributed by atoms with E-state index < -0.39 is 6.10 Å². The van der Waals surface area contributed by atoms with E-state index in [1.54, 1.807) is 0 Å². The van der Waals surface area contributed by atoms with Crippen LogP contribution in [-0.4, -0.2) is 11.7 Å². The fourth-order valence-electron chi connectivity index (χ4n) is 1.66. The maximum absolute atomic E-state index is 12.7. The highest BCUT2D eigenvalue weighted by Crippen LogP contribution is 2.12. The summed E-state index contributed by atoms with van der Waals surface area (Å²) in [4.78, 5) is 0. The molecule has 1 atom stereocenters. The molecular formula is C17H15FO2. The minimum absolute atomic E-state index is 0.243. The summed E-state index contributed by atoms with van der Waals surface area (Å²) in [6.07, 6.45) is -0.920. The van der Waals surface area contributed by atoms with Crippen molar-refractivity contribution in [3.8, 4) is 11.8 Å². The fraction of sp³-hybridized carbons (Fsp3) is 0.176. The van der Waals surface area contributed by atoms with Gasteiger partial charge in [-0.3, -0.25) is 0 Å². The van der Waals surface area contributed by atoms with E-state index in [9.17, 15) is 9.50 Å². The van der Waals surface area contributed by atoms with Crippen LogP contribution >= 0.6 is 0 Å². The van der Waals surface area contributed by atoms with Crippen molar-refractivity contribution in [3.63, 3.8) is 0 Å². The highest BCUT2D eigenvalue weighted by atomic mass is 19.1. The van der Waals surface area contributed by atoms with Crippen molar-refractivity contribution >= 4 is 0 Å². The van der Waals surface area contributed by atoms with E-state index >= 15 is 0 Å². The summed E-state index contributed by atoms with van der Waals surface area (Å²) < 4.78 is 18.1. The number of halogens is 1. The zero-order chi connectivity index (χ0) is 14.2. The van der Waals surface area contributed by atoms with Gasteiger partial charge in [0.1, 0.15) is 18.5 Å². The third kappa shape index (κ3) is 4.51. The van der Waals surface area contributed by atoms with E-state index in [0.29, 0.717) is 12.2 Å². The lowest BCUT2D eigenvalue weighted by Crippen LogP contribution is -1.96. The van der Waals surface area contributed by atoms with Gasteiger partial charge < -0.3 is 9.84 Å². The van der Waals surface area contributed by atoms with E-state index in [1.165, 1.54) is 24.3 Å². The molecule has 0 radical (unpaired) electrons. The first-order chi connectivity index (χ1) is 9.75. The SMILES string of the molecule is OC(C#CCOCc1ccccc1)c1ccc(F)cc1. The average Bonchev–Trinajstić information content (AvgIpc) is 2.48. The van der Waals surface area contributed by atoms with Crippen LogP contribution < -0.4 is 0 Å². The Bertz CT molecular complexity index is 582. The smallest absolute Gasteiger partial charge is 0.140 e. The topological polar surface area (TPSA) is 29.5 Å². The van der Waals surface area contributed by atoms with Crippen molar-refractivity contribution in [2.75, 3.05) is 6.61 Å². The number of hydrogen-bond donors (Lipinski definition) is 1. The van der Waals surface area contributed by atoms with Crippen LogP contribution in [0.4, 0.5) is 4.39 Å². The van der Waals surface area contributed by atoms with E-state index in [-0.39, 0.29) is 12.4 Å². The highest BCUT2D eigenvalue weighted by Gasteiger charge is 2.02. The number of aliphatic hydroxyl groups excluding tert-OH is 1. The first kappa shape index (κ1) is 14.3. The molecule has 2 aromatic carbocycles. The van der Waals surface area contributed by atoms with E-state index in [1.807, 2.05) is 30.3 Å². The van der Waals surface area contributed by atoms with Crippen LogP contribution in [0.3, 0.4) is 0 Å². The number of ether oxygens (including phenoxy) is 1. The molecule has 1 unspecified atom stereocenters. The summed E-state index contributed by atoms with van der Waals surface area (Å²) in [5, 5.41) is 9.78. The summed E-state index contributed by atoms with van der Waals surface area (Å²) in [6.45, 7) is 0.731. The quantitative estimate of drug-likeness (QED) is 0.683. The minimum atomic E-state index is -0.920. The van der Waals surface area contributed by atoms with Crippen LogP contribution in [0.15, 0.2) is 54.6 Å². The maximum Gasteiger partial charge on any atom is 0.140 e. The van der Waals surface area contributed by atoms with Gasteiger partial charge in [-0.15, -0.1) is 0 Å². The second kappa shape index (κ2) is 7.44. The van der Waals surface area contributed by atoms with Crippen molar-refractivity contribution in [1.82, 2.24) is 0 Å². The molecular weight excluding hydrogens is 255 g/mol. The predicted molar refractivity (Wildman–Crippen MR) is 75.2 cm³/mol. The van der Waals surface area contributed by atoms with Crippen molar-refractivity contribution in [2.24, 2.45) is 0 Å². The number of benzene rings is 2. The van der Waals surface area contributed by atoms with Crippen molar-refractivity contribution in [2.45, 2.75) is 12.7 Å². The molecule has 2 aromatic rings. The Labute approximate surface area is 117 Å². The number of rotatable bonds is 4. The molecule has 102 valence electrons. The van der Waals surface area contributed by atoms with Gasteiger partial charge in [0.25, 0.3) is 0 Å². The second-order valence-corrected chi connectivity index (χ2v) is 4.25. The molecule has 0 saturated carbocycles. The molecule has 3 heteroatoms. The molecule has 2 nitrogen and oxygen atoms in total. The maximum atomic E-state index is 12.7. The molecule has 0 fully saturated rings. The molecule has 0 amide bonds. The number of hydrogen-bond acceptors (Lipinski definition) is 2. The summed E-state index contributed by atoms with van der Waals surface area (Å²) >= 11 is 0. The monoisotopic (exact) mass is 270 g/mol. The zero-order valence-corrected chi connectivity index (χ0v) is 10.9. The van der Waals surface area contributed by atoms with Crippen molar-refractivity contribution in [3.05, 3.63) is 71.5 Å². The Morgan fingerprint density at radius 3 is 2.45 bits per heavy atom. The summed E-state index contributed by atoms with van der Waals surface area (Å²) in [5.74, 6) is 5.08. The fourth-order valence-corrected chi connectivity index (χ4v) is 1.66. The average molecular weight is 270 g/mol. The Hall–Kier alpha value is -2.15. The molecule has 0 aliphatic carbocycles. The molecule has 0 spiro atoms. The molecule has 20 heavy (non-hydrogen) atoms. The Morgan fingerprint density at radius 1 is 1.05 bits per heavy atom. The van der Waals surface area contributed by atoms with Crippen LogP contribution in [0.1, 0.15) is 17.2 Å².